The van der Waals surface area contributed by atoms with E-state index in [1.165, 1.54) is 83.9 Å². The minimum Gasteiger partial charge on any atom is -0.508 e. The average Bonchev–Trinajstić information content (AvgIpc) is 2.77. The Morgan fingerprint density at radius 2 is 1.06 bits per heavy atom. The fourth-order valence-corrected chi connectivity index (χ4v) is 4.48. The lowest BCUT2D eigenvalue weighted by atomic mass is 9.88. The molecule has 164 valence electrons. The number of aryl methyl sites for hydroxylation is 1. The molecule has 0 spiro atoms. The number of hydrogen-bond donors (Lipinski definition) is 1. The van der Waals surface area contributed by atoms with E-state index in [2.05, 4.69) is 64.1 Å². The third-order valence-electron chi connectivity index (χ3n) is 6.92. The highest BCUT2D eigenvalue weighted by Gasteiger charge is 2.13. The number of hydrogen-bond acceptors (Lipinski definition) is 1. The van der Waals surface area contributed by atoms with Crippen LogP contribution in [0.4, 0.5) is 0 Å². The van der Waals surface area contributed by atoms with Crippen LogP contribution in [0.5, 0.6) is 5.75 Å². The first kappa shape index (κ1) is 23.1. The molecule has 0 unspecified atom stereocenters. The first-order valence-corrected chi connectivity index (χ1v) is 11.9. The Labute approximate surface area is 189 Å². The summed E-state index contributed by atoms with van der Waals surface area (Å²) in [5, 5.41) is 10.0. The van der Waals surface area contributed by atoms with Gasteiger partial charge in [-0.3, -0.25) is 0 Å². The Kier molecular flexibility index (Phi) is 7.96. The van der Waals surface area contributed by atoms with Crippen molar-refractivity contribution in [3.63, 3.8) is 0 Å². The maximum atomic E-state index is 10.0. The van der Waals surface area contributed by atoms with Gasteiger partial charge in [-0.05, 0) is 96.7 Å². The van der Waals surface area contributed by atoms with Crippen molar-refractivity contribution in [3.8, 4) is 28.0 Å². The standard InChI is InChI=1S/C30H38O/c1-6-7-8-9-10-11-12-25-13-15-26(16-14-25)27-17-18-28(22(3)21(27)2)29-19-20-30(31)24(5)23(29)4/h13-20,31H,6-12H2,1-5H3. The van der Waals surface area contributed by atoms with Crippen molar-refractivity contribution in [2.75, 3.05) is 0 Å². The molecule has 3 aromatic carbocycles. The lowest BCUT2D eigenvalue weighted by Gasteiger charge is -2.17. The van der Waals surface area contributed by atoms with Crippen LogP contribution in [0.25, 0.3) is 22.3 Å². The Morgan fingerprint density at radius 3 is 1.74 bits per heavy atom. The molecule has 0 saturated carbocycles. The van der Waals surface area contributed by atoms with Crippen molar-refractivity contribution in [2.45, 2.75) is 79.6 Å². The number of benzene rings is 3. The quantitative estimate of drug-likeness (QED) is 0.347. The van der Waals surface area contributed by atoms with Crippen molar-refractivity contribution >= 4 is 0 Å². The van der Waals surface area contributed by atoms with Crippen LogP contribution in [0.3, 0.4) is 0 Å². The van der Waals surface area contributed by atoms with Crippen molar-refractivity contribution in [2.24, 2.45) is 0 Å². The Hall–Kier alpha value is -2.54. The smallest absolute Gasteiger partial charge is 0.118 e. The first-order chi connectivity index (χ1) is 14.9. The van der Waals surface area contributed by atoms with Crippen LogP contribution in [0.1, 0.15) is 73.3 Å². The second-order valence-corrected chi connectivity index (χ2v) is 9.01. The molecule has 3 aromatic rings. The summed E-state index contributed by atoms with van der Waals surface area (Å²) in [5.41, 5.74) is 11.2. The van der Waals surface area contributed by atoms with E-state index < -0.39 is 0 Å². The van der Waals surface area contributed by atoms with Gasteiger partial charge in [-0.15, -0.1) is 0 Å². The highest BCUT2D eigenvalue weighted by Crippen LogP contribution is 2.36. The summed E-state index contributed by atoms with van der Waals surface area (Å²) in [4.78, 5) is 0. The number of aromatic hydroxyl groups is 1. The molecule has 0 aliphatic rings. The van der Waals surface area contributed by atoms with Crippen LogP contribution in [0.15, 0.2) is 48.5 Å². The molecule has 31 heavy (non-hydrogen) atoms. The van der Waals surface area contributed by atoms with Crippen LogP contribution in [-0.2, 0) is 6.42 Å². The average molecular weight is 415 g/mol. The van der Waals surface area contributed by atoms with Crippen molar-refractivity contribution < 1.29 is 5.11 Å². The summed E-state index contributed by atoms with van der Waals surface area (Å²) < 4.78 is 0. The molecule has 0 bridgehead atoms. The Morgan fingerprint density at radius 1 is 0.548 bits per heavy atom. The third-order valence-corrected chi connectivity index (χ3v) is 6.92. The number of unbranched alkanes of at least 4 members (excludes halogenated alkanes) is 5. The van der Waals surface area contributed by atoms with E-state index in [9.17, 15) is 5.11 Å². The normalized spacial score (nSPS) is 11.1. The number of phenolic OH excluding ortho intramolecular Hbond substituents is 1. The second-order valence-electron chi connectivity index (χ2n) is 9.01. The SMILES string of the molecule is CCCCCCCCc1ccc(-c2ccc(-c3ccc(O)c(C)c3C)c(C)c2C)cc1. The maximum absolute atomic E-state index is 10.0. The molecule has 1 heteroatoms. The Bertz CT molecular complexity index is 1010. The van der Waals surface area contributed by atoms with Gasteiger partial charge < -0.3 is 5.11 Å². The van der Waals surface area contributed by atoms with Gasteiger partial charge >= 0.3 is 0 Å². The molecule has 0 radical (unpaired) electrons. The highest BCUT2D eigenvalue weighted by molar-refractivity contribution is 5.79. The Balaban J connectivity index is 1.75. The van der Waals surface area contributed by atoms with Crippen molar-refractivity contribution in [1.82, 2.24) is 0 Å². The van der Waals surface area contributed by atoms with Gasteiger partial charge in [0, 0.05) is 0 Å². The molecule has 0 aliphatic carbocycles. The molecule has 1 N–H and O–H groups in total. The summed E-state index contributed by atoms with van der Waals surface area (Å²) in [5.74, 6) is 0.369. The van der Waals surface area contributed by atoms with Crippen LogP contribution in [0, 0.1) is 27.7 Å². The zero-order chi connectivity index (χ0) is 22.4. The van der Waals surface area contributed by atoms with Gasteiger partial charge in [0.1, 0.15) is 5.75 Å². The molecule has 0 atom stereocenters. The lowest BCUT2D eigenvalue weighted by Crippen LogP contribution is -1.95. The molecular weight excluding hydrogens is 376 g/mol. The second kappa shape index (κ2) is 10.7. The predicted octanol–water partition coefficient (Wildman–Crippen LogP) is 8.86. The van der Waals surface area contributed by atoms with Gasteiger partial charge in [0.2, 0.25) is 0 Å². The minimum absolute atomic E-state index is 0.369. The topological polar surface area (TPSA) is 20.2 Å². The zero-order valence-corrected chi connectivity index (χ0v) is 20.0. The summed E-state index contributed by atoms with van der Waals surface area (Å²) >= 11 is 0. The summed E-state index contributed by atoms with van der Waals surface area (Å²) in [6.45, 7) is 10.8. The molecule has 0 aromatic heterocycles. The summed E-state index contributed by atoms with van der Waals surface area (Å²) in [6.07, 6.45) is 9.26. The predicted molar refractivity (Wildman–Crippen MR) is 135 cm³/mol. The minimum atomic E-state index is 0.369. The van der Waals surface area contributed by atoms with Crippen molar-refractivity contribution in [3.05, 3.63) is 76.3 Å². The van der Waals surface area contributed by atoms with Crippen LogP contribution in [0.2, 0.25) is 0 Å². The fraction of sp³-hybridized carbons (Fsp3) is 0.400. The van der Waals surface area contributed by atoms with E-state index in [4.69, 9.17) is 0 Å². The molecule has 0 heterocycles. The number of rotatable bonds is 9. The van der Waals surface area contributed by atoms with Crippen molar-refractivity contribution in [1.29, 1.82) is 0 Å². The van der Waals surface area contributed by atoms with E-state index in [0.717, 1.165) is 11.1 Å². The molecular formula is C30H38O. The lowest BCUT2D eigenvalue weighted by molar-refractivity contribution is 0.470. The molecule has 0 amide bonds. The summed E-state index contributed by atoms with van der Waals surface area (Å²) in [7, 11) is 0. The van der Waals surface area contributed by atoms with Gasteiger partial charge in [-0.1, -0.05) is 81.5 Å². The highest BCUT2D eigenvalue weighted by atomic mass is 16.3. The van der Waals surface area contributed by atoms with Crippen LogP contribution in [-0.4, -0.2) is 5.11 Å². The third kappa shape index (κ3) is 5.39. The molecule has 0 saturated heterocycles. The van der Waals surface area contributed by atoms with Gasteiger partial charge in [0.15, 0.2) is 0 Å². The monoisotopic (exact) mass is 414 g/mol. The van der Waals surface area contributed by atoms with E-state index in [1.54, 1.807) is 0 Å². The maximum Gasteiger partial charge on any atom is 0.118 e. The fourth-order valence-electron chi connectivity index (χ4n) is 4.48. The van der Waals surface area contributed by atoms with E-state index in [1.807, 2.05) is 19.1 Å². The number of phenols is 1. The zero-order valence-electron chi connectivity index (χ0n) is 20.0. The molecule has 3 rings (SSSR count). The van der Waals surface area contributed by atoms with E-state index in [-0.39, 0.29) is 0 Å². The summed E-state index contributed by atoms with van der Waals surface area (Å²) in [6, 6.07) is 17.5. The van der Waals surface area contributed by atoms with Gasteiger partial charge in [0.05, 0.1) is 0 Å². The van der Waals surface area contributed by atoms with E-state index in [0.29, 0.717) is 5.75 Å². The molecule has 0 fully saturated rings. The van der Waals surface area contributed by atoms with Crippen LogP contribution < -0.4 is 0 Å². The molecule has 1 nitrogen and oxygen atoms in total. The van der Waals surface area contributed by atoms with Gasteiger partial charge in [0.25, 0.3) is 0 Å². The molecule has 0 aliphatic heterocycles. The van der Waals surface area contributed by atoms with E-state index >= 15 is 0 Å². The first-order valence-electron chi connectivity index (χ1n) is 11.9. The largest absolute Gasteiger partial charge is 0.508 e. The van der Waals surface area contributed by atoms with Gasteiger partial charge in [-0.25, -0.2) is 0 Å². The van der Waals surface area contributed by atoms with Gasteiger partial charge in [-0.2, -0.15) is 0 Å². The van der Waals surface area contributed by atoms with Crippen LogP contribution >= 0.6 is 0 Å².